The molecule has 30 heavy (non-hydrogen) atoms. The highest BCUT2D eigenvalue weighted by Gasteiger charge is 2.37. The van der Waals surface area contributed by atoms with Gasteiger partial charge in [0.1, 0.15) is 29.8 Å². The van der Waals surface area contributed by atoms with Gasteiger partial charge in [0.2, 0.25) is 5.88 Å². The number of methoxy groups -OCH3 is 1. The summed E-state index contributed by atoms with van der Waals surface area (Å²) in [5.74, 6) is -0.701. The van der Waals surface area contributed by atoms with Crippen LogP contribution in [0.2, 0.25) is 5.02 Å². The van der Waals surface area contributed by atoms with E-state index in [1.807, 2.05) is 18.2 Å². The number of rotatable bonds is 5. The van der Waals surface area contributed by atoms with Gasteiger partial charge in [0.15, 0.2) is 0 Å². The third-order valence-electron chi connectivity index (χ3n) is 4.60. The van der Waals surface area contributed by atoms with E-state index < -0.39 is 11.9 Å². The lowest BCUT2D eigenvalue weighted by Crippen LogP contribution is -2.25. The largest absolute Gasteiger partial charge is 0.489 e. The Balaban J connectivity index is 2.08. The van der Waals surface area contributed by atoms with E-state index >= 15 is 0 Å². The average Bonchev–Trinajstić information content (AvgIpc) is 2.73. The number of ether oxygens (including phenoxy) is 3. The second kappa shape index (κ2) is 9.24. The number of hydrogen-bond acceptors (Lipinski definition) is 6. The van der Waals surface area contributed by atoms with Crippen molar-refractivity contribution in [3.63, 3.8) is 0 Å². The Hall–Kier alpha value is -2.95. The average molecular weight is 490 g/mol. The van der Waals surface area contributed by atoms with Crippen LogP contribution in [0.15, 0.2) is 69.7 Å². The lowest BCUT2D eigenvalue weighted by Gasteiger charge is -2.28. The van der Waals surface area contributed by atoms with Crippen molar-refractivity contribution in [3.05, 3.63) is 85.9 Å². The number of nitriles is 1. The van der Waals surface area contributed by atoms with Gasteiger partial charge in [0.25, 0.3) is 0 Å². The predicted octanol–water partition coefficient (Wildman–Crippen LogP) is 4.94. The first-order valence-electron chi connectivity index (χ1n) is 8.89. The molecule has 0 unspecified atom stereocenters. The van der Waals surface area contributed by atoms with E-state index in [0.29, 0.717) is 16.3 Å². The molecule has 1 aliphatic heterocycles. The Morgan fingerprint density at radius 2 is 2.00 bits per heavy atom. The van der Waals surface area contributed by atoms with Crippen molar-refractivity contribution in [3.8, 4) is 11.8 Å². The first-order chi connectivity index (χ1) is 14.3. The van der Waals surface area contributed by atoms with Gasteiger partial charge >= 0.3 is 5.97 Å². The Morgan fingerprint density at radius 3 is 2.63 bits per heavy atom. The molecule has 6 nitrogen and oxygen atoms in total. The van der Waals surface area contributed by atoms with Gasteiger partial charge in [-0.05, 0) is 42.8 Å². The topological polar surface area (TPSA) is 94.6 Å². The van der Waals surface area contributed by atoms with Crippen LogP contribution in [-0.2, 0) is 20.9 Å². The molecule has 0 saturated carbocycles. The van der Waals surface area contributed by atoms with E-state index in [2.05, 4.69) is 22.0 Å². The fourth-order valence-corrected chi connectivity index (χ4v) is 3.69. The van der Waals surface area contributed by atoms with Crippen LogP contribution < -0.4 is 10.5 Å². The molecule has 0 aliphatic carbocycles. The first kappa shape index (κ1) is 21.8. The van der Waals surface area contributed by atoms with Gasteiger partial charge < -0.3 is 19.9 Å². The maximum absolute atomic E-state index is 12.5. The van der Waals surface area contributed by atoms with Crippen LogP contribution in [0.25, 0.3) is 0 Å². The summed E-state index contributed by atoms with van der Waals surface area (Å²) in [4.78, 5) is 12.5. The number of nitrogens with zero attached hydrogens (tertiary/aromatic N) is 1. The molecule has 1 heterocycles. The van der Waals surface area contributed by atoms with Crippen LogP contribution in [0, 0.1) is 11.3 Å². The Morgan fingerprint density at radius 1 is 1.30 bits per heavy atom. The van der Waals surface area contributed by atoms with E-state index in [1.54, 1.807) is 31.2 Å². The van der Waals surface area contributed by atoms with E-state index in [0.717, 1.165) is 10.0 Å². The molecule has 2 aromatic rings. The Kier molecular flexibility index (Phi) is 6.70. The number of hydrogen-bond donors (Lipinski definition) is 1. The van der Waals surface area contributed by atoms with Gasteiger partial charge in [-0.25, -0.2) is 4.79 Å². The van der Waals surface area contributed by atoms with Gasteiger partial charge in [-0.1, -0.05) is 39.7 Å². The molecule has 2 N–H and O–H groups in total. The molecule has 154 valence electrons. The highest BCUT2D eigenvalue weighted by atomic mass is 79.9. The number of nitrogens with two attached hydrogens (primary N) is 1. The van der Waals surface area contributed by atoms with Gasteiger partial charge in [-0.15, -0.1) is 0 Å². The molecule has 0 aromatic heterocycles. The number of halogens is 2. The van der Waals surface area contributed by atoms with Crippen LogP contribution in [0.4, 0.5) is 0 Å². The second-order valence-corrected chi connectivity index (χ2v) is 7.84. The SMILES string of the molecule is COC(=O)C1=C(C)OC(N)=C(C#N)[C@H]1c1cc(Br)ccc1OCc1ccc(Cl)cc1. The van der Waals surface area contributed by atoms with E-state index in [9.17, 15) is 10.1 Å². The summed E-state index contributed by atoms with van der Waals surface area (Å²) in [6, 6.07) is 14.7. The smallest absolute Gasteiger partial charge is 0.338 e. The number of allylic oxidation sites excluding steroid dienone is 2. The molecule has 1 aliphatic rings. The maximum atomic E-state index is 12.5. The highest BCUT2D eigenvalue weighted by Crippen LogP contribution is 2.44. The Labute approximate surface area is 187 Å². The summed E-state index contributed by atoms with van der Waals surface area (Å²) in [5, 5.41) is 10.4. The summed E-state index contributed by atoms with van der Waals surface area (Å²) in [6.07, 6.45) is 0. The Bertz CT molecular complexity index is 1090. The minimum atomic E-state index is -0.797. The van der Waals surface area contributed by atoms with Crippen molar-refractivity contribution in [2.75, 3.05) is 7.11 Å². The first-order valence-corrected chi connectivity index (χ1v) is 10.1. The standard InChI is InChI=1S/C22H18BrClN2O4/c1-12-19(22(27)28-2)20(17(10-25)21(26)30-12)16-9-14(23)5-8-18(16)29-11-13-3-6-15(24)7-4-13/h3-9,20H,11,26H2,1-2H3/t20-/m1/s1. The van der Waals surface area contributed by atoms with Gasteiger partial charge in [-0.3, -0.25) is 0 Å². The van der Waals surface area contributed by atoms with E-state index in [4.69, 9.17) is 31.5 Å². The van der Waals surface area contributed by atoms with E-state index in [-0.39, 0.29) is 29.4 Å². The molecule has 0 spiro atoms. The number of carbonyl (C=O) groups is 1. The molecule has 8 heteroatoms. The minimum Gasteiger partial charge on any atom is -0.489 e. The van der Waals surface area contributed by atoms with Crippen LogP contribution in [0.3, 0.4) is 0 Å². The zero-order valence-corrected chi connectivity index (χ0v) is 18.6. The summed E-state index contributed by atoms with van der Waals surface area (Å²) in [5.41, 5.74) is 7.76. The summed E-state index contributed by atoms with van der Waals surface area (Å²) >= 11 is 9.39. The molecule has 3 rings (SSSR count). The zero-order chi connectivity index (χ0) is 21.8. The summed E-state index contributed by atoms with van der Waals surface area (Å²) < 4.78 is 17.2. The van der Waals surface area contributed by atoms with Crippen molar-refractivity contribution in [1.29, 1.82) is 5.26 Å². The maximum Gasteiger partial charge on any atom is 0.338 e. The minimum absolute atomic E-state index is 0.0590. The molecule has 1 atom stereocenters. The third-order valence-corrected chi connectivity index (χ3v) is 5.35. The second-order valence-electron chi connectivity index (χ2n) is 6.48. The van der Waals surface area contributed by atoms with Gasteiger partial charge in [-0.2, -0.15) is 5.26 Å². The molecule has 0 radical (unpaired) electrons. The summed E-state index contributed by atoms with van der Waals surface area (Å²) in [6.45, 7) is 1.87. The van der Waals surface area contributed by atoms with Crippen molar-refractivity contribution < 1.29 is 19.0 Å². The van der Waals surface area contributed by atoms with Crippen molar-refractivity contribution in [2.24, 2.45) is 5.73 Å². The molecule has 0 bridgehead atoms. The van der Waals surface area contributed by atoms with Gasteiger partial charge in [0.05, 0.1) is 18.6 Å². The molecular weight excluding hydrogens is 472 g/mol. The van der Waals surface area contributed by atoms with Gasteiger partial charge in [0, 0.05) is 15.1 Å². The number of benzene rings is 2. The van der Waals surface area contributed by atoms with Crippen LogP contribution in [-0.4, -0.2) is 13.1 Å². The fourth-order valence-electron chi connectivity index (χ4n) is 3.19. The monoisotopic (exact) mass is 488 g/mol. The quantitative estimate of drug-likeness (QED) is 0.598. The summed E-state index contributed by atoms with van der Waals surface area (Å²) in [7, 11) is 1.27. The van der Waals surface area contributed by atoms with Crippen molar-refractivity contribution in [2.45, 2.75) is 19.4 Å². The molecule has 0 amide bonds. The highest BCUT2D eigenvalue weighted by molar-refractivity contribution is 9.10. The fraction of sp³-hybridized carbons (Fsp3) is 0.182. The lowest BCUT2D eigenvalue weighted by atomic mass is 9.82. The van der Waals surface area contributed by atoms with Crippen molar-refractivity contribution in [1.82, 2.24) is 0 Å². The third kappa shape index (κ3) is 4.45. The predicted molar refractivity (Wildman–Crippen MR) is 115 cm³/mol. The van der Waals surface area contributed by atoms with E-state index in [1.165, 1.54) is 7.11 Å². The van der Waals surface area contributed by atoms with Crippen LogP contribution in [0.5, 0.6) is 5.75 Å². The lowest BCUT2D eigenvalue weighted by molar-refractivity contribution is -0.136. The molecule has 0 fully saturated rings. The van der Waals surface area contributed by atoms with Crippen LogP contribution in [0.1, 0.15) is 24.0 Å². The number of esters is 1. The zero-order valence-electron chi connectivity index (χ0n) is 16.2. The normalized spacial score (nSPS) is 16.0. The van der Waals surface area contributed by atoms with Crippen molar-refractivity contribution >= 4 is 33.5 Å². The van der Waals surface area contributed by atoms with Crippen LogP contribution >= 0.6 is 27.5 Å². The molecular formula is C22H18BrClN2O4. The molecule has 2 aromatic carbocycles. The molecule has 0 saturated heterocycles. The number of carbonyl (C=O) groups excluding carboxylic acids is 1.